The summed E-state index contributed by atoms with van der Waals surface area (Å²) in [5, 5.41) is 6.02. The van der Waals surface area contributed by atoms with Crippen LogP contribution in [0, 0.1) is 6.92 Å². The zero-order valence-corrected chi connectivity index (χ0v) is 17.0. The van der Waals surface area contributed by atoms with Crippen LogP contribution in [0.3, 0.4) is 0 Å². The number of benzene rings is 1. The molecule has 1 amide bonds. The number of amides is 1. The molecule has 2 heterocycles. The molecule has 1 atom stereocenters. The highest BCUT2D eigenvalue weighted by Gasteiger charge is 2.22. The molecule has 0 aliphatic carbocycles. The molecule has 8 heteroatoms. The van der Waals surface area contributed by atoms with Crippen LogP contribution in [-0.2, 0) is 0 Å². The summed E-state index contributed by atoms with van der Waals surface area (Å²) in [6, 6.07) is 6.79. The summed E-state index contributed by atoms with van der Waals surface area (Å²) in [4.78, 5) is 25.1. The smallest absolute Gasteiger partial charge is 0.349 e. The molecule has 1 aromatic heterocycles. The molecule has 0 saturated carbocycles. The van der Waals surface area contributed by atoms with E-state index in [1.165, 1.54) is 14.2 Å². The maximum atomic E-state index is 12.6. The molecule has 2 N–H and O–H groups in total. The molecule has 152 valence electrons. The minimum absolute atomic E-state index is 0. The monoisotopic (exact) mass is 408 g/mol. The Balaban J connectivity index is 0.00000280. The number of carbonyl (C=O) groups is 1. The van der Waals surface area contributed by atoms with E-state index in [2.05, 4.69) is 10.6 Å². The van der Waals surface area contributed by atoms with Crippen molar-refractivity contribution in [2.45, 2.75) is 25.7 Å². The molecule has 2 aromatic rings. The lowest BCUT2D eigenvalue weighted by Gasteiger charge is -2.22. The molecule has 28 heavy (non-hydrogen) atoms. The molecule has 0 radical (unpaired) electrons. The minimum Gasteiger partial charge on any atom is -0.493 e. The van der Waals surface area contributed by atoms with Crippen molar-refractivity contribution in [3.05, 3.63) is 51.6 Å². The number of anilines is 1. The van der Waals surface area contributed by atoms with E-state index in [0.717, 1.165) is 25.9 Å². The number of aryl methyl sites for hydroxylation is 1. The fraction of sp³-hybridized carbons (Fsp3) is 0.400. The van der Waals surface area contributed by atoms with Gasteiger partial charge in [0.05, 0.1) is 14.2 Å². The van der Waals surface area contributed by atoms with Crippen molar-refractivity contribution in [2.24, 2.45) is 0 Å². The van der Waals surface area contributed by atoms with Gasteiger partial charge in [-0.25, -0.2) is 4.79 Å². The number of piperidine rings is 1. The van der Waals surface area contributed by atoms with Crippen LogP contribution < -0.4 is 25.7 Å². The molecular formula is C20H25ClN2O5. The summed E-state index contributed by atoms with van der Waals surface area (Å²) in [5.41, 5.74) is 0.493. The normalized spacial score (nSPS) is 16.0. The van der Waals surface area contributed by atoms with Gasteiger partial charge in [0.1, 0.15) is 11.3 Å². The summed E-state index contributed by atoms with van der Waals surface area (Å²) in [6.45, 7) is 3.51. The standard InChI is InChI=1S/C20H24N2O5.ClH/c1-12-9-16(13-5-4-8-21-11-13)27-20(24)18(12)19(23)22-14-6-7-15(25-2)17(10-14)26-3;/h6-7,9-10,13,21H,4-5,8,11H2,1-3H3,(H,22,23);1H. The van der Waals surface area contributed by atoms with E-state index < -0.39 is 11.5 Å². The van der Waals surface area contributed by atoms with Crippen LogP contribution in [0.1, 0.15) is 40.4 Å². The first-order chi connectivity index (χ1) is 13.0. The Labute approximate surface area is 169 Å². The van der Waals surface area contributed by atoms with Crippen LogP contribution in [-0.4, -0.2) is 33.2 Å². The Kier molecular flexibility index (Phi) is 7.48. The maximum Gasteiger partial charge on any atom is 0.349 e. The van der Waals surface area contributed by atoms with Gasteiger partial charge in [-0.1, -0.05) is 0 Å². The number of methoxy groups -OCH3 is 2. The van der Waals surface area contributed by atoms with Gasteiger partial charge in [0.25, 0.3) is 5.91 Å². The predicted octanol–water partition coefficient (Wildman–Crippen LogP) is 3.11. The third kappa shape index (κ3) is 4.66. The number of halogens is 1. The second kappa shape index (κ2) is 9.61. The average Bonchev–Trinajstić information content (AvgIpc) is 2.68. The second-order valence-corrected chi connectivity index (χ2v) is 6.56. The highest BCUT2D eigenvalue weighted by atomic mass is 35.5. The van der Waals surface area contributed by atoms with Crippen molar-refractivity contribution in [1.29, 1.82) is 0 Å². The molecule has 0 spiro atoms. The number of rotatable bonds is 5. The average molecular weight is 409 g/mol. The van der Waals surface area contributed by atoms with Gasteiger partial charge in [-0.15, -0.1) is 12.4 Å². The van der Waals surface area contributed by atoms with E-state index in [1.54, 1.807) is 31.2 Å². The van der Waals surface area contributed by atoms with Crippen molar-refractivity contribution in [1.82, 2.24) is 5.32 Å². The Morgan fingerprint density at radius 2 is 1.96 bits per heavy atom. The predicted molar refractivity (Wildman–Crippen MR) is 109 cm³/mol. The van der Waals surface area contributed by atoms with Crippen LogP contribution in [0.4, 0.5) is 5.69 Å². The summed E-state index contributed by atoms with van der Waals surface area (Å²) < 4.78 is 15.9. The van der Waals surface area contributed by atoms with Crippen molar-refractivity contribution in [3.8, 4) is 11.5 Å². The van der Waals surface area contributed by atoms with Crippen molar-refractivity contribution in [3.63, 3.8) is 0 Å². The van der Waals surface area contributed by atoms with Gasteiger partial charge in [0.15, 0.2) is 11.5 Å². The van der Waals surface area contributed by atoms with Crippen molar-refractivity contribution < 1.29 is 18.7 Å². The summed E-state index contributed by atoms with van der Waals surface area (Å²) in [5.74, 6) is 1.32. The van der Waals surface area contributed by atoms with Gasteiger partial charge >= 0.3 is 5.63 Å². The van der Waals surface area contributed by atoms with Crippen LogP contribution in [0.5, 0.6) is 11.5 Å². The van der Waals surface area contributed by atoms with Crippen molar-refractivity contribution >= 4 is 24.0 Å². The lowest BCUT2D eigenvalue weighted by atomic mass is 9.95. The lowest BCUT2D eigenvalue weighted by molar-refractivity contribution is 0.102. The quantitative estimate of drug-likeness (QED) is 0.790. The number of hydrogen-bond acceptors (Lipinski definition) is 6. The maximum absolute atomic E-state index is 12.6. The minimum atomic E-state index is -0.617. The molecule has 7 nitrogen and oxygen atoms in total. The first-order valence-corrected chi connectivity index (χ1v) is 8.92. The van der Waals surface area contributed by atoms with Gasteiger partial charge in [-0.05, 0) is 50.1 Å². The first-order valence-electron chi connectivity index (χ1n) is 8.92. The Hall–Kier alpha value is -2.51. The number of hydrogen-bond donors (Lipinski definition) is 2. The van der Waals surface area contributed by atoms with Crippen LogP contribution in [0.15, 0.2) is 33.5 Å². The zero-order chi connectivity index (χ0) is 19.4. The van der Waals surface area contributed by atoms with Crippen LogP contribution >= 0.6 is 12.4 Å². The fourth-order valence-corrected chi connectivity index (χ4v) is 3.31. The first kappa shape index (κ1) is 21.8. The van der Waals surface area contributed by atoms with E-state index in [4.69, 9.17) is 13.9 Å². The highest BCUT2D eigenvalue weighted by Crippen LogP contribution is 2.30. The Morgan fingerprint density at radius 1 is 1.21 bits per heavy atom. The number of nitrogens with one attached hydrogen (secondary N) is 2. The molecule has 1 unspecified atom stereocenters. The van der Waals surface area contributed by atoms with Gasteiger partial charge in [-0.3, -0.25) is 4.79 Å². The Morgan fingerprint density at radius 3 is 2.57 bits per heavy atom. The lowest BCUT2D eigenvalue weighted by Crippen LogP contribution is -2.30. The molecule has 1 saturated heterocycles. The second-order valence-electron chi connectivity index (χ2n) is 6.56. The third-order valence-electron chi connectivity index (χ3n) is 4.74. The molecule has 0 bridgehead atoms. The van der Waals surface area contributed by atoms with Crippen molar-refractivity contribution in [2.75, 3.05) is 32.6 Å². The van der Waals surface area contributed by atoms with Crippen LogP contribution in [0.2, 0.25) is 0 Å². The number of carbonyl (C=O) groups excluding carboxylic acids is 1. The summed E-state index contributed by atoms with van der Waals surface area (Å²) in [7, 11) is 3.05. The van der Waals surface area contributed by atoms with E-state index >= 15 is 0 Å². The molecule has 1 aliphatic heterocycles. The largest absolute Gasteiger partial charge is 0.493 e. The Bertz CT molecular complexity index is 891. The molecule has 1 aliphatic rings. The van der Waals surface area contributed by atoms with E-state index in [9.17, 15) is 9.59 Å². The fourth-order valence-electron chi connectivity index (χ4n) is 3.31. The third-order valence-corrected chi connectivity index (χ3v) is 4.74. The number of ether oxygens (including phenoxy) is 2. The molecular weight excluding hydrogens is 384 g/mol. The van der Waals surface area contributed by atoms with E-state index in [0.29, 0.717) is 28.5 Å². The van der Waals surface area contributed by atoms with Gasteiger partial charge < -0.3 is 24.5 Å². The highest BCUT2D eigenvalue weighted by molar-refractivity contribution is 6.05. The molecule has 1 fully saturated rings. The van der Waals surface area contributed by atoms with Gasteiger partial charge in [-0.2, -0.15) is 0 Å². The van der Waals surface area contributed by atoms with E-state index in [1.807, 2.05) is 0 Å². The molecule has 3 rings (SSSR count). The van der Waals surface area contributed by atoms with Gasteiger partial charge in [0.2, 0.25) is 0 Å². The van der Waals surface area contributed by atoms with E-state index in [-0.39, 0.29) is 23.9 Å². The van der Waals surface area contributed by atoms with Gasteiger partial charge in [0, 0.05) is 24.2 Å². The summed E-state index contributed by atoms with van der Waals surface area (Å²) >= 11 is 0. The SMILES string of the molecule is COc1ccc(NC(=O)c2c(C)cc(C3CCCNC3)oc2=O)cc1OC.Cl. The molecule has 1 aromatic carbocycles. The van der Waals surface area contributed by atoms with Crippen LogP contribution in [0.25, 0.3) is 0 Å². The summed E-state index contributed by atoms with van der Waals surface area (Å²) in [6.07, 6.45) is 2.00. The topological polar surface area (TPSA) is 89.8 Å². The zero-order valence-electron chi connectivity index (χ0n) is 16.2.